The van der Waals surface area contributed by atoms with Crippen LogP contribution < -0.4 is 0 Å². The molecule has 3 heteroatoms. The predicted molar refractivity (Wildman–Crippen MR) is 52.1 cm³/mol. The maximum atomic E-state index is 11.6. The van der Waals surface area contributed by atoms with Gasteiger partial charge in [0.2, 0.25) is 0 Å². The van der Waals surface area contributed by atoms with E-state index in [1.807, 2.05) is 0 Å². The van der Waals surface area contributed by atoms with Crippen LogP contribution in [0.15, 0.2) is 11.1 Å². The smallest absolute Gasteiger partial charge is 0.312 e. The van der Waals surface area contributed by atoms with Crippen molar-refractivity contribution in [2.75, 3.05) is 6.61 Å². The van der Waals surface area contributed by atoms with Crippen LogP contribution in [0.4, 0.5) is 0 Å². The molecule has 3 nitrogen and oxygen atoms in total. The number of esters is 1. The lowest BCUT2D eigenvalue weighted by molar-refractivity contribution is -0.143. The first kappa shape index (κ1) is 8.34. The summed E-state index contributed by atoms with van der Waals surface area (Å²) in [5, 5.41) is 0. The quantitative estimate of drug-likeness (QED) is 0.444. The summed E-state index contributed by atoms with van der Waals surface area (Å²) in [6, 6.07) is 0. The third-order valence-corrected chi connectivity index (χ3v) is 4.40. The van der Waals surface area contributed by atoms with Gasteiger partial charge in [-0.15, -0.1) is 0 Å². The first-order valence-electron chi connectivity index (χ1n) is 5.90. The number of carbonyl (C=O) groups excluding carboxylic acids is 1. The van der Waals surface area contributed by atoms with Gasteiger partial charge in [0.15, 0.2) is 0 Å². The fourth-order valence-corrected chi connectivity index (χ4v) is 3.76. The molecule has 0 aromatic carbocycles. The van der Waals surface area contributed by atoms with Crippen molar-refractivity contribution in [3.05, 3.63) is 11.1 Å². The number of cyclic esters (lactones) is 1. The Morgan fingerprint density at radius 1 is 1.07 bits per heavy atom. The van der Waals surface area contributed by atoms with Crippen LogP contribution in [0.3, 0.4) is 0 Å². The first-order chi connectivity index (χ1) is 7.36. The van der Waals surface area contributed by atoms with E-state index in [2.05, 4.69) is 0 Å². The molecule has 3 aliphatic heterocycles. The van der Waals surface area contributed by atoms with Crippen molar-refractivity contribution in [3.8, 4) is 0 Å². The van der Waals surface area contributed by atoms with E-state index < -0.39 is 0 Å². The lowest BCUT2D eigenvalue weighted by Crippen LogP contribution is -2.31. The van der Waals surface area contributed by atoms with Gasteiger partial charge >= 0.3 is 5.97 Å². The van der Waals surface area contributed by atoms with Crippen LogP contribution in [-0.4, -0.2) is 24.8 Å². The average molecular weight is 206 g/mol. The van der Waals surface area contributed by atoms with Gasteiger partial charge in [-0.1, -0.05) is 0 Å². The maximum absolute atomic E-state index is 11.6. The normalized spacial score (nSPS) is 46.8. The Morgan fingerprint density at radius 2 is 1.80 bits per heavy atom. The van der Waals surface area contributed by atoms with Crippen molar-refractivity contribution in [3.63, 3.8) is 0 Å². The Hall–Kier alpha value is -0.830. The van der Waals surface area contributed by atoms with Crippen molar-refractivity contribution in [1.82, 2.24) is 0 Å². The van der Waals surface area contributed by atoms with E-state index in [4.69, 9.17) is 9.47 Å². The minimum Gasteiger partial charge on any atom is -0.465 e. The third kappa shape index (κ3) is 0.882. The topological polar surface area (TPSA) is 35.5 Å². The van der Waals surface area contributed by atoms with Crippen LogP contribution in [0.25, 0.3) is 0 Å². The molecular weight excluding hydrogens is 192 g/mol. The molecular formula is C12H14O3. The van der Waals surface area contributed by atoms with Crippen molar-refractivity contribution in [2.24, 2.45) is 11.8 Å². The van der Waals surface area contributed by atoms with E-state index in [0.717, 1.165) is 6.42 Å². The Bertz CT molecular complexity index is 371. The standard InChI is InChI=1S/C12H14O3/c13-12-9-8(5-14-12)10-6-3-1-2-4-7(6)11(9)15-10/h8-11H,1-5H2/t8?,9?,10-,11+/m1/s1. The lowest BCUT2D eigenvalue weighted by atomic mass is 9.73. The van der Waals surface area contributed by atoms with Crippen LogP contribution in [0.5, 0.6) is 0 Å². The van der Waals surface area contributed by atoms with Crippen LogP contribution >= 0.6 is 0 Å². The maximum Gasteiger partial charge on any atom is 0.312 e. The van der Waals surface area contributed by atoms with Gasteiger partial charge in [0.1, 0.15) is 0 Å². The van der Waals surface area contributed by atoms with Gasteiger partial charge < -0.3 is 9.47 Å². The SMILES string of the molecule is O=C1OCC2C1[C@H]1O[C@@H]2C2=C1CCCC2. The molecule has 0 saturated carbocycles. The van der Waals surface area contributed by atoms with E-state index in [9.17, 15) is 4.79 Å². The number of ether oxygens (including phenoxy) is 2. The van der Waals surface area contributed by atoms with Crippen molar-refractivity contribution in [1.29, 1.82) is 0 Å². The summed E-state index contributed by atoms with van der Waals surface area (Å²) >= 11 is 0. The van der Waals surface area contributed by atoms with E-state index in [0.29, 0.717) is 12.5 Å². The Kier molecular flexibility index (Phi) is 1.47. The molecule has 4 rings (SSSR count). The number of rotatable bonds is 0. The van der Waals surface area contributed by atoms with Crippen molar-refractivity contribution in [2.45, 2.75) is 37.9 Å². The highest BCUT2D eigenvalue weighted by molar-refractivity contribution is 5.78. The molecule has 2 unspecified atom stereocenters. The molecule has 4 aliphatic rings. The van der Waals surface area contributed by atoms with Crippen LogP contribution in [0.1, 0.15) is 25.7 Å². The second-order valence-corrected chi connectivity index (χ2v) is 5.05. The molecule has 3 heterocycles. The molecule has 0 amide bonds. The molecule has 2 fully saturated rings. The zero-order valence-electron chi connectivity index (χ0n) is 8.57. The Labute approximate surface area is 88.4 Å². The highest BCUT2D eigenvalue weighted by atomic mass is 16.6. The van der Waals surface area contributed by atoms with Crippen LogP contribution in [0, 0.1) is 11.8 Å². The molecule has 2 saturated heterocycles. The molecule has 80 valence electrons. The first-order valence-corrected chi connectivity index (χ1v) is 5.90. The minimum absolute atomic E-state index is 0.0235. The van der Waals surface area contributed by atoms with Crippen LogP contribution in [-0.2, 0) is 14.3 Å². The summed E-state index contributed by atoms with van der Waals surface area (Å²) in [4.78, 5) is 11.6. The zero-order valence-corrected chi connectivity index (χ0v) is 8.57. The molecule has 1 aliphatic carbocycles. The van der Waals surface area contributed by atoms with E-state index in [1.165, 1.54) is 30.4 Å². The van der Waals surface area contributed by atoms with Crippen molar-refractivity contribution >= 4 is 5.97 Å². The molecule has 0 aromatic heterocycles. The molecule has 0 N–H and O–H groups in total. The molecule has 15 heavy (non-hydrogen) atoms. The number of carbonyl (C=O) groups is 1. The summed E-state index contributed by atoms with van der Waals surface area (Å²) in [7, 11) is 0. The van der Waals surface area contributed by atoms with Crippen molar-refractivity contribution < 1.29 is 14.3 Å². The van der Waals surface area contributed by atoms with Gasteiger partial charge in [0.25, 0.3) is 0 Å². The zero-order chi connectivity index (χ0) is 9.99. The summed E-state index contributed by atoms with van der Waals surface area (Å²) in [5.74, 6) is 0.343. The molecule has 2 bridgehead atoms. The number of fused-ring (bicyclic) bond motifs is 7. The number of hydrogen-bond acceptors (Lipinski definition) is 3. The predicted octanol–water partition coefficient (Wildman–Crippen LogP) is 1.43. The Balaban J connectivity index is 1.79. The summed E-state index contributed by atoms with van der Waals surface area (Å²) < 4.78 is 11.1. The minimum atomic E-state index is -0.0235. The highest BCUT2D eigenvalue weighted by Crippen LogP contribution is 2.53. The molecule has 4 atom stereocenters. The van der Waals surface area contributed by atoms with Gasteiger partial charge in [0.05, 0.1) is 24.7 Å². The fourth-order valence-electron chi connectivity index (χ4n) is 3.76. The van der Waals surface area contributed by atoms with Gasteiger partial charge in [0, 0.05) is 5.92 Å². The van der Waals surface area contributed by atoms with Gasteiger partial charge in [-0.2, -0.15) is 0 Å². The average Bonchev–Trinajstić information content (AvgIpc) is 2.90. The summed E-state index contributed by atoms with van der Waals surface area (Å²) in [6.45, 7) is 0.585. The van der Waals surface area contributed by atoms with Gasteiger partial charge in [-0.3, -0.25) is 4.79 Å². The van der Waals surface area contributed by atoms with E-state index >= 15 is 0 Å². The highest BCUT2D eigenvalue weighted by Gasteiger charge is 2.59. The van der Waals surface area contributed by atoms with E-state index in [-0.39, 0.29) is 24.1 Å². The third-order valence-electron chi connectivity index (χ3n) is 4.40. The molecule has 0 aromatic rings. The lowest BCUT2D eigenvalue weighted by Gasteiger charge is -2.26. The molecule has 0 radical (unpaired) electrons. The van der Waals surface area contributed by atoms with E-state index in [1.54, 1.807) is 0 Å². The monoisotopic (exact) mass is 206 g/mol. The largest absolute Gasteiger partial charge is 0.465 e. The summed E-state index contributed by atoms with van der Waals surface area (Å²) in [6.07, 6.45) is 5.20. The van der Waals surface area contributed by atoms with Gasteiger partial charge in [-0.25, -0.2) is 0 Å². The number of hydrogen-bond donors (Lipinski definition) is 0. The second-order valence-electron chi connectivity index (χ2n) is 5.05. The Morgan fingerprint density at radius 3 is 2.60 bits per heavy atom. The summed E-state index contributed by atoms with van der Waals surface area (Å²) in [5.41, 5.74) is 2.97. The van der Waals surface area contributed by atoms with Crippen LogP contribution in [0.2, 0.25) is 0 Å². The fraction of sp³-hybridized carbons (Fsp3) is 0.750. The second kappa shape index (κ2) is 2.64. The van der Waals surface area contributed by atoms with Gasteiger partial charge in [-0.05, 0) is 36.8 Å². The molecule has 0 spiro atoms.